The Kier molecular flexibility index (Phi) is 5.60. The summed E-state index contributed by atoms with van der Waals surface area (Å²) in [5.41, 5.74) is 1.69. The first kappa shape index (κ1) is 15.0. The summed E-state index contributed by atoms with van der Waals surface area (Å²) in [4.78, 5) is 2.11. The standard InChI is InChI=1S/C15H25FN2/c1-6-9-18(11(2)3)15-8-7-13(10-14(15)16)12(4)17-5/h7-8,10-12,17H,6,9H2,1-5H3. The maximum Gasteiger partial charge on any atom is 0.146 e. The predicted octanol–water partition coefficient (Wildman–Crippen LogP) is 3.73. The first-order valence-electron chi connectivity index (χ1n) is 6.74. The third kappa shape index (κ3) is 3.45. The van der Waals surface area contributed by atoms with Crippen molar-refractivity contribution >= 4 is 5.69 Å². The van der Waals surface area contributed by atoms with E-state index in [1.807, 2.05) is 26.1 Å². The number of rotatable bonds is 6. The van der Waals surface area contributed by atoms with Crippen LogP contribution in [0.2, 0.25) is 0 Å². The van der Waals surface area contributed by atoms with Gasteiger partial charge in [-0.15, -0.1) is 0 Å². The summed E-state index contributed by atoms with van der Waals surface area (Å²) in [7, 11) is 1.88. The van der Waals surface area contributed by atoms with Gasteiger partial charge < -0.3 is 10.2 Å². The maximum absolute atomic E-state index is 14.2. The van der Waals surface area contributed by atoms with E-state index >= 15 is 0 Å². The van der Waals surface area contributed by atoms with Gasteiger partial charge in [0.25, 0.3) is 0 Å². The molecule has 0 amide bonds. The summed E-state index contributed by atoms with van der Waals surface area (Å²) in [6.07, 6.45) is 1.02. The highest BCUT2D eigenvalue weighted by Gasteiger charge is 2.15. The lowest BCUT2D eigenvalue weighted by molar-refractivity contribution is 0.586. The van der Waals surface area contributed by atoms with Crippen molar-refractivity contribution in [3.8, 4) is 0 Å². The van der Waals surface area contributed by atoms with Gasteiger partial charge in [-0.2, -0.15) is 0 Å². The molecule has 0 saturated carbocycles. The third-order valence-corrected chi connectivity index (χ3v) is 3.30. The average Bonchev–Trinajstić information content (AvgIpc) is 2.35. The molecule has 102 valence electrons. The van der Waals surface area contributed by atoms with E-state index in [2.05, 4.69) is 31.0 Å². The first-order valence-corrected chi connectivity index (χ1v) is 6.74. The fraction of sp³-hybridized carbons (Fsp3) is 0.600. The lowest BCUT2D eigenvalue weighted by Gasteiger charge is -2.29. The third-order valence-electron chi connectivity index (χ3n) is 3.30. The molecule has 1 aromatic carbocycles. The van der Waals surface area contributed by atoms with E-state index < -0.39 is 0 Å². The van der Waals surface area contributed by atoms with Crippen LogP contribution < -0.4 is 10.2 Å². The molecule has 1 atom stereocenters. The number of nitrogens with one attached hydrogen (secondary N) is 1. The SMILES string of the molecule is CCCN(c1ccc(C(C)NC)cc1F)C(C)C. The van der Waals surface area contributed by atoms with Gasteiger partial charge >= 0.3 is 0 Å². The van der Waals surface area contributed by atoms with Gasteiger partial charge in [0, 0.05) is 18.6 Å². The van der Waals surface area contributed by atoms with Crippen LogP contribution in [0.25, 0.3) is 0 Å². The van der Waals surface area contributed by atoms with E-state index in [0.717, 1.165) is 18.5 Å². The second kappa shape index (κ2) is 6.74. The molecule has 0 aliphatic rings. The molecule has 18 heavy (non-hydrogen) atoms. The Morgan fingerprint density at radius 2 is 1.94 bits per heavy atom. The molecule has 2 nitrogen and oxygen atoms in total. The van der Waals surface area contributed by atoms with Crippen LogP contribution in [-0.2, 0) is 0 Å². The van der Waals surface area contributed by atoms with Gasteiger partial charge in [0.15, 0.2) is 0 Å². The zero-order chi connectivity index (χ0) is 13.7. The van der Waals surface area contributed by atoms with Crippen molar-refractivity contribution in [2.24, 2.45) is 0 Å². The highest BCUT2D eigenvalue weighted by molar-refractivity contribution is 5.50. The van der Waals surface area contributed by atoms with E-state index in [1.54, 1.807) is 6.07 Å². The van der Waals surface area contributed by atoms with E-state index in [4.69, 9.17) is 0 Å². The van der Waals surface area contributed by atoms with Crippen molar-refractivity contribution in [3.63, 3.8) is 0 Å². The van der Waals surface area contributed by atoms with Gasteiger partial charge in [-0.25, -0.2) is 4.39 Å². The van der Waals surface area contributed by atoms with Crippen LogP contribution in [0.4, 0.5) is 10.1 Å². The Bertz CT molecular complexity index is 377. The van der Waals surface area contributed by atoms with Crippen molar-refractivity contribution in [1.29, 1.82) is 0 Å². The van der Waals surface area contributed by atoms with Crippen molar-refractivity contribution in [2.75, 3.05) is 18.5 Å². The Balaban J connectivity index is 3.03. The summed E-state index contributed by atoms with van der Waals surface area (Å²) in [5, 5.41) is 3.12. The predicted molar refractivity (Wildman–Crippen MR) is 76.6 cm³/mol. The van der Waals surface area contributed by atoms with Crippen LogP contribution in [0.15, 0.2) is 18.2 Å². The van der Waals surface area contributed by atoms with Crippen LogP contribution in [0.1, 0.15) is 45.7 Å². The van der Waals surface area contributed by atoms with Crippen LogP contribution >= 0.6 is 0 Å². The molecular formula is C15H25FN2. The molecule has 0 heterocycles. The van der Waals surface area contributed by atoms with Crippen LogP contribution in [-0.4, -0.2) is 19.6 Å². The lowest BCUT2D eigenvalue weighted by atomic mass is 10.1. The molecule has 1 aromatic rings. The zero-order valence-corrected chi connectivity index (χ0v) is 12.1. The van der Waals surface area contributed by atoms with E-state index in [-0.39, 0.29) is 11.9 Å². The normalized spacial score (nSPS) is 12.8. The van der Waals surface area contributed by atoms with Crippen molar-refractivity contribution in [2.45, 2.75) is 46.2 Å². The smallest absolute Gasteiger partial charge is 0.146 e. The lowest BCUT2D eigenvalue weighted by Crippen LogP contribution is -2.32. The molecule has 0 fully saturated rings. The fourth-order valence-corrected chi connectivity index (χ4v) is 2.09. The van der Waals surface area contributed by atoms with E-state index in [0.29, 0.717) is 11.7 Å². The van der Waals surface area contributed by atoms with E-state index in [1.165, 1.54) is 0 Å². The van der Waals surface area contributed by atoms with Crippen LogP contribution in [0, 0.1) is 5.82 Å². The molecular weight excluding hydrogens is 227 g/mol. The second-order valence-corrected chi connectivity index (χ2v) is 5.01. The molecule has 0 bridgehead atoms. The Labute approximate surface area is 110 Å². The Morgan fingerprint density at radius 1 is 1.28 bits per heavy atom. The minimum absolute atomic E-state index is 0.128. The number of hydrogen-bond donors (Lipinski definition) is 1. The summed E-state index contributed by atoms with van der Waals surface area (Å²) in [5.74, 6) is -0.128. The monoisotopic (exact) mass is 252 g/mol. The van der Waals surface area contributed by atoms with Crippen molar-refractivity contribution < 1.29 is 4.39 Å². The molecule has 0 aromatic heterocycles. The molecule has 1 rings (SSSR count). The summed E-state index contributed by atoms with van der Waals surface area (Å²) >= 11 is 0. The summed E-state index contributed by atoms with van der Waals surface area (Å²) in [6.45, 7) is 9.22. The van der Waals surface area contributed by atoms with Gasteiger partial charge in [0.1, 0.15) is 5.82 Å². The quantitative estimate of drug-likeness (QED) is 0.830. The van der Waals surface area contributed by atoms with Crippen molar-refractivity contribution in [1.82, 2.24) is 5.32 Å². The summed E-state index contributed by atoms with van der Waals surface area (Å²) in [6, 6.07) is 6.03. The largest absolute Gasteiger partial charge is 0.367 e. The Hall–Kier alpha value is -1.09. The number of nitrogens with zero attached hydrogens (tertiary/aromatic N) is 1. The van der Waals surface area contributed by atoms with Gasteiger partial charge in [0.05, 0.1) is 5.69 Å². The minimum atomic E-state index is -0.128. The van der Waals surface area contributed by atoms with Crippen molar-refractivity contribution in [3.05, 3.63) is 29.6 Å². The fourth-order valence-electron chi connectivity index (χ4n) is 2.09. The number of hydrogen-bond acceptors (Lipinski definition) is 2. The Morgan fingerprint density at radius 3 is 2.39 bits per heavy atom. The minimum Gasteiger partial charge on any atom is -0.367 e. The highest BCUT2D eigenvalue weighted by atomic mass is 19.1. The van der Waals surface area contributed by atoms with Gasteiger partial charge in [-0.3, -0.25) is 0 Å². The van der Waals surface area contributed by atoms with Crippen LogP contribution in [0.3, 0.4) is 0 Å². The van der Waals surface area contributed by atoms with Crippen LogP contribution in [0.5, 0.6) is 0 Å². The van der Waals surface area contributed by atoms with Gasteiger partial charge in [0.2, 0.25) is 0 Å². The number of benzene rings is 1. The zero-order valence-electron chi connectivity index (χ0n) is 12.1. The van der Waals surface area contributed by atoms with Gasteiger partial charge in [-0.05, 0) is 51.9 Å². The summed E-state index contributed by atoms with van der Waals surface area (Å²) < 4.78 is 14.2. The first-order chi connectivity index (χ1) is 8.51. The molecule has 0 saturated heterocycles. The maximum atomic E-state index is 14.2. The second-order valence-electron chi connectivity index (χ2n) is 5.01. The van der Waals surface area contributed by atoms with Gasteiger partial charge in [-0.1, -0.05) is 13.0 Å². The highest BCUT2D eigenvalue weighted by Crippen LogP contribution is 2.25. The van der Waals surface area contributed by atoms with E-state index in [9.17, 15) is 4.39 Å². The molecule has 0 aliphatic heterocycles. The molecule has 3 heteroatoms. The molecule has 0 radical (unpaired) electrons. The molecule has 0 aliphatic carbocycles. The average molecular weight is 252 g/mol. The molecule has 0 spiro atoms. The number of anilines is 1. The molecule has 1 N–H and O–H groups in total. The number of halogens is 1. The molecule has 1 unspecified atom stereocenters. The topological polar surface area (TPSA) is 15.3 Å².